The van der Waals surface area contributed by atoms with Crippen LogP contribution >= 0.6 is 12.6 Å². The molecule has 1 atom stereocenters. The van der Waals surface area contributed by atoms with Crippen molar-refractivity contribution in [2.75, 3.05) is 70.8 Å². The summed E-state index contributed by atoms with van der Waals surface area (Å²) in [5, 5.41) is 2.92. The summed E-state index contributed by atoms with van der Waals surface area (Å²) in [6, 6.07) is 7.80. The summed E-state index contributed by atoms with van der Waals surface area (Å²) in [6.45, 7) is 5.99. The molecular formula is C27H36N4O6S2. The van der Waals surface area contributed by atoms with E-state index in [9.17, 15) is 18.0 Å². The smallest absolute Gasteiger partial charge is 0.257 e. The average molecular weight is 577 g/mol. The largest absolute Gasteiger partial charge is 0.493 e. The lowest BCUT2D eigenvalue weighted by Crippen LogP contribution is -2.47. The van der Waals surface area contributed by atoms with Crippen LogP contribution in [0, 0.1) is 0 Å². The monoisotopic (exact) mass is 576 g/mol. The minimum atomic E-state index is -3.48. The molecule has 4 rings (SSSR count). The average Bonchev–Trinajstić information content (AvgIpc) is 3.23. The molecule has 1 N–H and O–H groups in total. The lowest BCUT2D eigenvalue weighted by atomic mass is 10.1. The topological polar surface area (TPSA) is 108 Å². The van der Waals surface area contributed by atoms with E-state index in [1.165, 1.54) is 12.0 Å². The van der Waals surface area contributed by atoms with E-state index in [-0.39, 0.29) is 30.7 Å². The molecular weight excluding hydrogens is 540 g/mol. The maximum absolute atomic E-state index is 13.9. The van der Waals surface area contributed by atoms with Crippen LogP contribution in [0.5, 0.6) is 11.5 Å². The van der Waals surface area contributed by atoms with Gasteiger partial charge in [0.15, 0.2) is 11.5 Å². The number of benzene rings is 2. The molecule has 2 aromatic carbocycles. The number of likely N-dealkylation sites (N-methyl/N-ethyl adjacent to an activating group) is 1. The first kappa shape index (κ1) is 29.2. The van der Waals surface area contributed by atoms with Gasteiger partial charge in [-0.1, -0.05) is 6.07 Å². The van der Waals surface area contributed by atoms with Crippen LogP contribution in [0.3, 0.4) is 0 Å². The van der Waals surface area contributed by atoms with E-state index in [2.05, 4.69) is 34.8 Å². The molecule has 2 amide bonds. The maximum Gasteiger partial charge on any atom is 0.257 e. The summed E-state index contributed by atoms with van der Waals surface area (Å²) in [5.41, 5.74) is 1.99. The van der Waals surface area contributed by atoms with E-state index in [1.54, 1.807) is 30.3 Å². The lowest BCUT2D eigenvalue weighted by Gasteiger charge is -2.31. The Hall–Kier alpha value is -2.80. The number of carbonyl (C=O) groups is 2. The van der Waals surface area contributed by atoms with Crippen molar-refractivity contribution in [2.45, 2.75) is 24.4 Å². The molecule has 1 fully saturated rings. The molecule has 0 aliphatic carbocycles. The second-order valence-corrected chi connectivity index (χ2v) is 12.7. The highest BCUT2D eigenvalue weighted by Crippen LogP contribution is 2.40. The molecule has 2 heterocycles. The standard InChI is InChI=1S/C27H36N4O6S2/c1-5-37-23-14-18(6-8-22(23)36-3)21(17-39(4,34)35)31-15-19-24(38)9-7-20(26(19)27(31)33)28-25(32)16-30-12-10-29(2)11-13-30/h6-9,14,21,38H,5,10-13,15-17H2,1-4H3,(H,28,32)/t21-/m1/s1. The second-order valence-electron chi connectivity index (χ2n) is 10.00. The van der Waals surface area contributed by atoms with Crippen molar-refractivity contribution < 1.29 is 27.5 Å². The Morgan fingerprint density at radius 3 is 2.49 bits per heavy atom. The van der Waals surface area contributed by atoms with Crippen LogP contribution in [0.2, 0.25) is 0 Å². The first-order valence-corrected chi connectivity index (χ1v) is 15.4. The predicted octanol–water partition coefficient (Wildman–Crippen LogP) is 2.31. The van der Waals surface area contributed by atoms with Crippen molar-refractivity contribution >= 4 is 40.0 Å². The summed E-state index contributed by atoms with van der Waals surface area (Å²) in [7, 11) is 0.0971. The van der Waals surface area contributed by atoms with Crippen LogP contribution in [0.25, 0.3) is 0 Å². The lowest BCUT2D eigenvalue weighted by molar-refractivity contribution is -0.117. The summed E-state index contributed by atoms with van der Waals surface area (Å²) < 4.78 is 36.1. The van der Waals surface area contributed by atoms with Crippen molar-refractivity contribution in [1.29, 1.82) is 0 Å². The molecule has 0 radical (unpaired) electrons. The second kappa shape index (κ2) is 12.2. The summed E-state index contributed by atoms with van der Waals surface area (Å²) in [6.07, 6.45) is 1.15. The van der Waals surface area contributed by atoms with Crippen LogP contribution in [-0.4, -0.2) is 100 Å². The van der Waals surface area contributed by atoms with Gasteiger partial charge in [0.25, 0.3) is 5.91 Å². The Kier molecular flexibility index (Phi) is 9.10. The maximum atomic E-state index is 13.9. The number of ether oxygens (including phenoxy) is 2. The van der Waals surface area contributed by atoms with E-state index in [0.717, 1.165) is 32.4 Å². The molecule has 39 heavy (non-hydrogen) atoms. The number of nitrogens with one attached hydrogen (secondary N) is 1. The van der Waals surface area contributed by atoms with E-state index >= 15 is 0 Å². The highest BCUT2D eigenvalue weighted by molar-refractivity contribution is 7.90. The Balaban J connectivity index is 1.63. The zero-order valence-electron chi connectivity index (χ0n) is 22.8. The SMILES string of the molecule is CCOc1cc([C@@H](CS(C)(=O)=O)N2Cc3c(S)ccc(NC(=O)CN4CCN(C)CC4)c3C2=O)ccc1OC. The molecule has 2 aliphatic heterocycles. The minimum absolute atomic E-state index is 0.158. The zero-order valence-corrected chi connectivity index (χ0v) is 24.5. The van der Waals surface area contributed by atoms with E-state index in [4.69, 9.17) is 9.47 Å². The summed E-state index contributed by atoms with van der Waals surface area (Å²) >= 11 is 4.57. The zero-order chi connectivity index (χ0) is 28.3. The van der Waals surface area contributed by atoms with Gasteiger partial charge < -0.3 is 24.6 Å². The van der Waals surface area contributed by atoms with Crippen LogP contribution in [0.4, 0.5) is 5.69 Å². The number of piperazine rings is 1. The number of thiol groups is 1. The van der Waals surface area contributed by atoms with Crippen molar-refractivity contribution in [3.8, 4) is 11.5 Å². The fourth-order valence-electron chi connectivity index (χ4n) is 5.00. The Bertz CT molecular complexity index is 1340. The Morgan fingerprint density at radius 2 is 1.85 bits per heavy atom. The van der Waals surface area contributed by atoms with Gasteiger partial charge >= 0.3 is 0 Å². The van der Waals surface area contributed by atoms with Crippen molar-refractivity contribution in [3.05, 3.63) is 47.0 Å². The van der Waals surface area contributed by atoms with E-state index in [1.807, 2.05) is 6.92 Å². The molecule has 12 heteroatoms. The molecule has 0 saturated carbocycles. The third-order valence-electron chi connectivity index (χ3n) is 7.04. The van der Waals surface area contributed by atoms with Gasteiger partial charge in [-0.05, 0) is 49.4 Å². The predicted molar refractivity (Wildman–Crippen MR) is 153 cm³/mol. The summed E-state index contributed by atoms with van der Waals surface area (Å²) in [5.74, 6) is 0.129. The fourth-order valence-corrected chi connectivity index (χ4v) is 6.21. The van der Waals surface area contributed by atoms with Crippen molar-refractivity contribution in [2.24, 2.45) is 0 Å². The van der Waals surface area contributed by atoms with Crippen LogP contribution in [-0.2, 0) is 21.2 Å². The van der Waals surface area contributed by atoms with Gasteiger partial charge in [0, 0.05) is 43.9 Å². The molecule has 0 bridgehead atoms. The summed E-state index contributed by atoms with van der Waals surface area (Å²) in [4.78, 5) is 33.2. The number of nitrogens with zero attached hydrogens (tertiary/aromatic N) is 3. The number of rotatable bonds is 10. The van der Waals surface area contributed by atoms with E-state index in [0.29, 0.717) is 45.4 Å². The fraction of sp³-hybridized carbons (Fsp3) is 0.481. The number of hydrogen-bond acceptors (Lipinski definition) is 9. The number of methoxy groups -OCH3 is 1. The first-order valence-electron chi connectivity index (χ1n) is 12.9. The van der Waals surface area contributed by atoms with Gasteiger partial charge in [-0.15, -0.1) is 12.6 Å². The number of carbonyl (C=O) groups excluding carboxylic acids is 2. The number of amides is 2. The van der Waals surface area contributed by atoms with Crippen LogP contribution in [0.15, 0.2) is 35.2 Å². The molecule has 1 saturated heterocycles. The number of sulfone groups is 1. The highest BCUT2D eigenvalue weighted by Gasteiger charge is 2.38. The van der Waals surface area contributed by atoms with Crippen molar-refractivity contribution in [1.82, 2.24) is 14.7 Å². The quantitative estimate of drug-likeness (QED) is 0.415. The Labute approximate surface area is 235 Å². The van der Waals surface area contributed by atoms with Gasteiger partial charge in [0.05, 0.1) is 43.3 Å². The minimum Gasteiger partial charge on any atom is -0.493 e. The third kappa shape index (κ3) is 6.86. The van der Waals surface area contributed by atoms with Crippen LogP contribution in [0.1, 0.15) is 34.5 Å². The van der Waals surface area contributed by atoms with Gasteiger partial charge in [0.2, 0.25) is 5.91 Å². The molecule has 10 nitrogen and oxygen atoms in total. The first-order chi connectivity index (χ1) is 18.5. The normalized spacial score (nSPS) is 17.2. The third-order valence-corrected chi connectivity index (χ3v) is 8.38. The van der Waals surface area contributed by atoms with Crippen molar-refractivity contribution in [3.63, 3.8) is 0 Å². The molecule has 0 unspecified atom stereocenters. The van der Waals surface area contributed by atoms with Gasteiger partial charge in [0.1, 0.15) is 9.84 Å². The molecule has 0 spiro atoms. The molecule has 2 aliphatic rings. The van der Waals surface area contributed by atoms with Gasteiger partial charge in [-0.2, -0.15) is 0 Å². The number of anilines is 1. The van der Waals surface area contributed by atoms with Crippen LogP contribution < -0.4 is 14.8 Å². The highest BCUT2D eigenvalue weighted by atomic mass is 32.2. The van der Waals surface area contributed by atoms with E-state index < -0.39 is 15.9 Å². The number of fused-ring (bicyclic) bond motifs is 1. The number of hydrogen-bond donors (Lipinski definition) is 2. The molecule has 2 aromatic rings. The molecule has 212 valence electrons. The molecule has 0 aromatic heterocycles. The van der Waals surface area contributed by atoms with Gasteiger partial charge in [-0.25, -0.2) is 8.42 Å². The Morgan fingerprint density at radius 1 is 1.13 bits per heavy atom. The van der Waals surface area contributed by atoms with Gasteiger partial charge in [-0.3, -0.25) is 14.5 Å².